The van der Waals surface area contributed by atoms with Gasteiger partial charge in [0, 0.05) is 16.9 Å². The molecule has 0 fully saturated rings. The summed E-state index contributed by atoms with van der Waals surface area (Å²) in [6.07, 6.45) is 1.58. The van der Waals surface area contributed by atoms with E-state index in [1.807, 2.05) is 37.3 Å². The Morgan fingerprint density at radius 2 is 2.05 bits per heavy atom. The van der Waals surface area contributed by atoms with Crippen molar-refractivity contribution in [2.75, 3.05) is 5.32 Å². The lowest BCUT2D eigenvalue weighted by Crippen LogP contribution is -2.23. The number of para-hydroxylation sites is 1. The first-order valence-electron chi connectivity index (χ1n) is 6.42. The van der Waals surface area contributed by atoms with E-state index in [0.717, 1.165) is 17.1 Å². The van der Waals surface area contributed by atoms with Crippen molar-refractivity contribution >= 4 is 35.0 Å². The average molecular weight is 300 g/mol. The van der Waals surface area contributed by atoms with Crippen LogP contribution in [0.4, 0.5) is 5.69 Å². The van der Waals surface area contributed by atoms with Gasteiger partial charge in [-0.1, -0.05) is 18.2 Å². The lowest BCUT2D eigenvalue weighted by Gasteiger charge is -2.05. The molecule has 5 nitrogen and oxygen atoms in total. The van der Waals surface area contributed by atoms with Crippen molar-refractivity contribution < 1.29 is 4.79 Å². The summed E-state index contributed by atoms with van der Waals surface area (Å²) in [5, 5.41) is 7.43. The predicted molar refractivity (Wildman–Crippen MR) is 88.9 cm³/mol. The Labute approximate surface area is 128 Å². The number of carbonyl (C=O) groups is 1. The molecule has 2 rings (SSSR count). The molecule has 2 aromatic rings. The number of Topliss-reactive ketones (excluding diaryl/α,β-unsaturated/α-hetero) is 1. The van der Waals surface area contributed by atoms with Crippen molar-refractivity contribution in [3.8, 4) is 0 Å². The second-order valence-corrected chi connectivity index (χ2v) is 4.92. The normalized spacial score (nSPS) is 10.6. The minimum Gasteiger partial charge on any atom is -0.357 e. The third-order valence-electron chi connectivity index (χ3n) is 2.82. The molecule has 0 aliphatic carbocycles. The highest BCUT2D eigenvalue weighted by atomic mass is 32.1. The molecule has 1 aromatic carbocycles. The van der Waals surface area contributed by atoms with Crippen LogP contribution in [0.1, 0.15) is 28.7 Å². The van der Waals surface area contributed by atoms with E-state index >= 15 is 0 Å². The Kier molecular flexibility index (Phi) is 4.84. The number of rotatable bonds is 4. The Hall–Kier alpha value is -2.47. The largest absolute Gasteiger partial charge is 0.357 e. The average Bonchev–Trinajstić information content (AvgIpc) is 2.81. The van der Waals surface area contributed by atoms with Gasteiger partial charge in [0.15, 0.2) is 10.9 Å². The molecular formula is C15H16N4OS. The number of nitrogens with zero attached hydrogens (tertiary/aromatic N) is 1. The molecule has 0 atom stereocenters. The van der Waals surface area contributed by atoms with E-state index in [-0.39, 0.29) is 5.78 Å². The molecule has 0 amide bonds. The topological polar surface area (TPSA) is 69.3 Å². The van der Waals surface area contributed by atoms with Gasteiger partial charge in [0.2, 0.25) is 0 Å². The second-order valence-electron chi connectivity index (χ2n) is 4.51. The zero-order chi connectivity index (χ0) is 15.2. The van der Waals surface area contributed by atoms with Crippen LogP contribution >= 0.6 is 12.2 Å². The summed E-state index contributed by atoms with van der Waals surface area (Å²) in [6.45, 7) is 3.39. The first-order chi connectivity index (χ1) is 10.1. The van der Waals surface area contributed by atoms with E-state index < -0.39 is 0 Å². The van der Waals surface area contributed by atoms with Crippen LogP contribution in [0.25, 0.3) is 0 Å². The summed E-state index contributed by atoms with van der Waals surface area (Å²) in [6, 6.07) is 11.3. The standard InChI is InChI=1S/C15H16N4OS/c1-10-14(11(2)20)8-13(17-10)9-16-19-15(21)18-12-6-4-3-5-7-12/h3-9,17H,1-2H3,(H2,18,19,21)/b16-9+. The monoisotopic (exact) mass is 300 g/mol. The molecule has 21 heavy (non-hydrogen) atoms. The van der Waals surface area contributed by atoms with Gasteiger partial charge in [0.05, 0.1) is 11.9 Å². The fraction of sp³-hybridized carbons (Fsp3) is 0.133. The maximum Gasteiger partial charge on any atom is 0.191 e. The maximum atomic E-state index is 11.4. The molecule has 1 heterocycles. The smallest absolute Gasteiger partial charge is 0.191 e. The van der Waals surface area contributed by atoms with Crippen LogP contribution in [0.5, 0.6) is 0 Å². The number of benzene rings is 1. The number of aryl methyl sites for hydroxylation is 1. The SMILES string of the molecule is CC(=O)c1cc(/C=N/NC(=S)Nc2ccccc2)[nH]c1C. The summed E-state index contributed by atoms with van der Waals surface area (Å²) in [7, 11) is 0. The summed E-state index contributed by atoms with van der Waals surface area (Å²) in [4.78, 5) is 14.4. The van der Waals surface area contributed by atoms with Crippen LogP contribution in [0.15, 0.2) is 41.5 Å². The Bertz CT molecular complexity index is 676. The molecule has 1 aromatic heterocycles. The molecule has 0 aliphatic heterocycles. The maximum absolute atomic E-state index is 11.4. The zero-order valence-corrected chi connectivity index (χ0v) is 12.6. The highest BCUT2D eigenvalue weighted by molar-refractivity contribution is 7.80. The van der Waals surface area contributed by atoms with Crippen LogP contribution in [-0.2, 0) is 0 Å². The summed E-state index contributed by atoms with van der Waals surface area (Å²) in [5.74, 6) is 0.0256. The molecule has 0 bridgehead atoms. The predicted octanol–water partition coefficient (Wildman–Crippen LogP) is 2.85. The Morgan fingerprint density at radius 1 is 1.33 bits per heavy atom. The van der Waals surface area contributed by atoms with E-state index in [4.69, 9.17) is 12.2 Å². The third-order valence-corrected chi connectivity index (χ3v) is 3.01. The van der Waals surface area contributed by atoms with Gasteiger partial charge < -0.3 is 10.3 Å². The molecule has 0 spiro atoms. The number of hydrogen-bond donors (Lipinski definition) is 3. The first-order valence-corrected chi connectivity index (χ1v) is 6.83. The molecule has 3 N–H and O–H groups in total. The van der Waals surface area contributed by atoms with Gasteiger partial charge in [-0.05, 0) is 44.3 Å². The van der Waals surface area contributed by atoms with Crippen LogP contribution in [0, 0.1) is 6.92 Å². The van der Waals surface area contributed by atoms with E-state index in [9.17, 15) is 4.79 Å². The first kappa shape index (κ1) is 14.9. The number of anilines is 1. The molecule has 0 saturated carbocycles. The number of H-pyrrole nitrogens is 1. The minimum absolute atomic E-state index is 0.0256. The van der Waals surface area contributed by atoms with Crippen molar-refractivity contribution in [2.45, 2.75) is 13.8 Å². The van der Waals surface area contributed by atoms with Crippen molar-refractivity contribution in [1.82, 2.24) is 10.4 Å². The number of hydrogen-bond acceptors (Lipinski definition) is 3. The van der Waals surface area contributed by atoms with Crippen molar-refractivity contribution in [3.63, 3.8) is 0 Å². The van der Waals surface area contributed by atoms with Gasteiger partial charge in [-0.25, -0.2) is 0 Å². The van der Waals surface area contributed by atoms with Gasteiger partial charge in [-0.2, -0.15) is 5.10 Å². The Balaban J connectivity index is 1.92. The van der Waals surface area contributed by atoms with Gasteiger partial charge in [-0.3, -0.25) is 10.2 Å². The molecule has 6 heteroatoms. The molecular weight excluding hydrogens is 284 g/mol. The van der Waals surface area contributed by atoms with Crippen molar-refractivity contribution in [3.05, 3.63) is 53.3 Å². The number of thiocarbonyl (C=S) groups is 1. The quantitative estimate of drug-likeness (QED) is 0.351. The van der Waals surface area contributed by atoms with Crippen LogP contribution in [0.2, 0.25) is 0 Å². The van der Waals surface area contributed by atoms with Gasteiger partial charge in [0.25, 0.3) is 0 Å². The van der Waals surface area contributed by atoms with E-state index in [0.29, 0.717) is 10.7 Å². The van der Waals surface area contributed by atoms with Crippen LogP contribution in [-0.4, -0.2) is 22.1 Å². The van der Waals surface area contributed by atoms with Crippen LogP contribution in [0.3, 0.4) is 0 Å². The molecule has 108 valence electrons. The lowest BCUT2D eigenvalue weighted by molar-refractivity contribution is 0.101. The zero-order valence-electron chi connectivity index (χ0n) is 11.8. The summed E-state index contributed by atoms with van der Waals surface area (Å²) >= 11 is 5.12. The number of nitrogens with one attached hydrogen (secondary N) is 3. The van der Waals surface area contributed by atoms with Crippen molar-refractivity contribution in [2.24, 2.45) is 5.10 Å². The number of ketones is 1. The van der Waals surface area contributed by atoms with E-state index in [2.05, 4.69) is 20.8 Å². The molecule has 0 saturated heterocycles. The molecule has 0 aliphatic rings. The minimum atomic E-state index is 0.0256. The highest BCUT2D eigenvalue weighted by Gasteiger charge is 2.06. The highest BCUT2D eigenvalue weighted by Crippen LogP contribution is 2.09. The van der Waals surface area contributed by atoms with E-state index in [1.54, 1.807) is 12.3 Å². The summed E-state index contributed by atoms with van der Waals surface area (Å²) < 4.78 is 0. The molecule has 0 radical (unpaired) electrons. The van der Waals surface area contributed by atoms with Gasteiger partial charge in [0.1, 0.15) is 0 Å². The Morgan fingerprint density at radius 3 is 2.67 bits per heavy atom. The summed E-state index contributed by atoms with van der Waals surface area (Å²) in [5.41, 5.74) is 5.85. The van der Waals surface area contributed by atoms with E-state index in [1.165, 1.54) is 6.92 Å². The van der Waals surface area contributed by atoms with Crippen molar-refractivity contribution in [1.29, 1.82) is 0 Å². The number of hydrazone groups is 1. The number of aromatic nitrogens is 1. The fourth-order valence-corrected chi connectivity index (χ4v) is 2.03. The third kappa shape index (κ3) is 4.25. The number of aromatic amines is 1. The van der Waals surface area contributed by atoms with Gasteiger partial charge >= 0.3 is 0 Å². The molecule has 0 unspecified atom stereocenters. The fourth-order valence-electron chi connectivity index (χ4n) is 1.86. The lowest BCUT2D eigenvalue weighted by atomic mass is 10.2. The number of carbonyl (C=O) groups excluding carboxylic acids is 1. The second kappa shape index (κ2) is 6.81. The van der Waals surface area contributed by atoms with Gasteiger partial charge in [-0.15, -0.1) is 0 Å². The van der Waals surface area contributed by atoms with Crippen LogP contribution < -0.4 is 10.7 Å².